The number of likely N-dealkylation sites (tertiary alicyclic amines) is 1. The first-order chi connectivity index (χ1) is 12.9. The summed E-state index contributed by atoms with van der Waals surface area (Å²) in [5.41, 5.74) is 2.27. The highest BCUT2D eigenvalue weighted by molar-refractivity contribution is 6.34. The fraction of sp³-hybridized carbons (Fsp3) is 0.263. The van der Waals surface area contributed by atoms with E-state index in [0.717, 1.165) is 5.69 Å². The van der Waals surface area contributed by atoms with Crippen LogP contribution < -0.4 is 5.32 Å². The Morgan fingerprint density at radius 1 is 1.41 bits per heavy atom. The number of urea groups is 1. The summed E-state index contributed by atoms with van der Waals surface area (Å²) in [7, 11) is 0. The van der Waals surface area contributed by atoms with E-state index < -0.39 is 11.9 Å². The van der Waals surface area contributed by atoms with Gasteiger partial charge in [0.2, 0.25) is 0 Å². The second-order valence-electron chi connectivity index (χ2n) is 6.58. The Balaban J connectivity index is 1.58. The molecule has 0 bridgehead atoms. The van der Waals surface area contributed by atoms with E-state index in [-0.39, 0.29) is 18.1 Å². The van der Waals surface area contributed by atoms with E-state index in [1.54, 1.807) is 18.2 Å². The molecular formula is C19H17ClFN3O3. The van der Waals surface area contributed by atoms with Gasteiger partial charge in [-0.1, -0.05) is 11.6 Å². The molecule has 1 atom stereocenters. The fourth-order valence-electron chi connectivity index (χ4n) is 3.16. The van der Waals surface area contributed by atoms with Crippen molar-refractivity contribution in [2.24, 2.45) is 0 Å². The average Bonchev–Trinajstić information content (AvgIpc) is 3.21. The van der Waals surface area contributed by atoms with Crippen LogP contribution in [0.25, 0.3) is 22.4 Å². The molecule has 3 aromatic rings. The summed E-state index contributed by atoms with van der Waals surface area (Å²) in [6.07, 6.45) is 0.0371. The Hall–Kier alpha value is -2.64. The molecule has 2 amide bonds. The molecule has 0 unspecified atom stereocenters. The van der Waals surface area contributed by atoms with Crippen molar-refractivity contribution in [3.05, 3.63) is 46.9 Å². The highest BCUT2D eigenvalue weighted by Crippen LogP contribution is 2.33. The molecule has 8 heteroatoms. The number of hydrogen-bond donors (Lipinski definition) is 2. The SMILES string of the molecule is Cc1cc(Cl)c2oc(-c3ccc(NC(=O)N4CC[C@@H](O)C4)cc3F)cc2n1. The van der Waals surface area contributed by atoms with Gasteiger partial charge in [-0.05, 0) is 37.6 Å². The summed E-state index contributed by atoms with van der Waals surface area (Å²) in [6.45, 7) is 2.56. The van der Waals surface area contributed by atoms with Crippen LogP contribution >= 0.6 is 11.6 Å². The molecule has 0 saturated carbocycles. The van der Waals surface area contributed by atoms with Crippen LogP contribution in [-0.2, 0) is 0 Å². The molecule has 1 saturated heterocycles. The number of anilines is 1. The summed E-state index contributed by atoms with van der Waals surface area (Å²) in [5, 5.41) is 12.6. The molecule has 1 aromatic carbocycles. The molecular weight excluding hydrogens is 373 g/mol. The standard InChI is InChI=1S/C19H17ClFN3O3/c1-10-6-14(20)18-16(22-10)8-17(27-18)13-3-2-11(7-15(13)21)23-19(26)24-5-4-12(25)9-24/h2-3,6-8,12,25H,4-5,9H2,1H3,(H,23,26)/t12-/m1/s1. The lowest BCUT2D eigenvalue weighted by atomic mass is 10.1. The Bertz CT molecular complexity index is 1040. The summed E-state index contributed by atoms with van der Waals surface area (Å²) >= 11 is 6.16. The van der Waals surface area contributed by atoms with Crippen LogP contribution in [0.15, 0.2) is 34.7 Å². The van der Waals surface area contributed by atoms with Gasteiger partial charge < -0.3 is 19.7 Å². The topological polar surface area (TPSA) is 78.6 Å². The van der Waals surface area contributed by atoms with Crippen LogP contribution in [-0.4, -0.2) is 40.2 Å². The van der Waals surface area contributed by atoms with Crippen LogP contribution in [0.1, 0.15) is 12.1 Å². The number of aliphatic hydroxyl groups is 1. The van der Waals surface area contributed by atoms with Crippen molar-refractivity contribution < 1.29 is 18.7 Å². The van der Waals surface area contributed by atoms with Gasteiger partial charge in [-0.15, -0.1) is 0 Å². The zero-order valence-corrected chi connectivity index (χ0v) is 15.3. The lowest BCUT2D eigenvalue weighted by Gasteiger charge is -2.16. The van der Waals surface area contributed by atoms with Crippen molar-refractivity contribution in [1.82, 2.24) is 9.88 Å². The Kier molecular flexibility index (Phi) is 4.49. The zero-order valence-electron chi connectivity index (χ0n) is 14.5. The predicted octanol–water partition coefficient (Wildman–Crippen LogP) is 4.19. The van der Waals surface area contributed by atoms with E-state index in [4.69, 9.17) is 16.0 Å². The number of carbonyl (C=O) groups is 1. The van der Waals surface area contributed by atoms with Crippen molar-refractivity contribution in [2.75, 3.05) is 18.4 Å². The molecule has 6 nitrogen and oxygen atoms in total. The lowest BCUT2D eigenvalue weighted by molar-refractivity contribution is 0.176. The Morgan fingerprint density at radius 2 is 2.22 bits per heavy atom. The van der Waals surface area contributed by atoms with Crippen molar-refractivity contribution >= 4 is 34.4 Å². The molecule has 4 rings (SSSR count). The summed E-state index contributed by atoms with van der Waals surface area (Å²) in [5.74, 6) is -0.232. The first-order valence-corrected chi connectivity index (χ1v) is 8.89. The van der Waals surface area contributed by atoms with Crippen LogP contribution in [0.4, 0.5) is 14.9 Å². The molecule has 2 aromatic heterocycles. The third kappa shape index (κ3) is 3.48. The van der Waals surface area contributed by atoms with E-state index in [1.165, 1.54) is 17.0 Å². The van der Waals surface area contributed by atoms with Gasteiger partial charge in [0, 0.05) is 30.5 Å². The summed E-state index contributed by atoms with van der Waals surface area (Å²) in [6, 6.07) is 7.30. The molecule has 140 valence electrons. The maximum absolute atomic E-state index is 14.6. The van der Waals surface area contributed by atoms with Gasteiger partial charge in [-0.25, -0.2) is 14.2 Å². The van der Waals surface area contributed by atoms with Gasteiger partial charge in [0.25, 0.3) is 0 Å². The second-order valence-corrected chi connectivity index (χ2v) is 6.99. The second kappa shape index (κ2) is 6.83. The van der Waals surface area contributed by atoms with E-state index in [1.807, 2.05) is 6.92 Å². The van der Waals surface area contributed by atoms with Crippen molar-refractivity contribution in [3.8, 4) is 11.3 Å². The number of halogens is 2. The number of aliphatic hydroxyl groups excluding tert-OH is 1. The van der Waals surface area contributed by atoms with Gasteiger partial charge >= 0.3 is 6.03 Å². The van der Waals surface area contributed by atoms with Gasteiger partial charge in [0.1, 0.15) is 17.1 Å². The van der Waals surface area contributed by atoms with Crippen LogP contribution in [0.2, 0.25) is 5.02 Å². The molecule has 27 heavy (non-hydrogen) atoms. The molecule has 1 aliphatic heterocycles. The number of amides is 2. The third-order valence-corrected chi connectivity index (χ3v) is 4.78. The smallest absolute Gasteiger partial charge is 0.321 e. The average molecular weight is 390 g/mol. The van der Waals surface area contributed by atoms with Gasteiger partial charge in [0.15, 0.2) is 5.58 Å². The maximum atomic E-state index is 14.6. The largest absolute Gasteiger partial charge is 0.453 e. The number of benzene rings is 1. The van der Waals surface area contributed by atoms with Gasteiger partial charge in [-0.3, -0.25) is 0 Å². The number of nitrogens with zero attached hydrogens (tertiary/aromatic N) is 2. The van der Waals surface area contributed by atoms with Crippen molar-refractivity contribution in [3.63, 3.8) is 0 Å². The number of fused-ring (bicyclic) bond motifs is 1. The maximum Gasteiger partial charge on any atom is 0.321 e. The molecule has 0 spiro atoms. The van der Waals surface area contributed by atoms with Gasteiger partial charge in [0.05, 0.1) is 16.7 Å². The summed E-state index contributed by atoms with van der Waals surface area (Å²) < 4.78 is 20.3. The number of rotatable bonds is 2. The van der Waals surface area contributed by atoms with Crippen molar-refractivity contribution in [2.45, 2.75) is 19.4 Å². The molecule has 1 aliphatic rings. The quantitative estimate of drug-likeness (QED) is 0.688. The number of β-amino-alcohol motifs (C(OH)–C–C–N with tert-alkyl or cyclic N) is 1. The summed E-state index contributed by atoms with van der Waals surface area (Å²) in [4.78, 5) is 18.0. The fourth-order valence-corrected chi connectivity index (χ4v) is 3.45. The minimum absolute atomic E-state index is 0.247. The highest BCUT2D eigenvalue weighted by Gasteiger charge is 2.24. The zero-order chi connectivity index (χ0) is 19.1. The molecule has 2 N–H and O–H groups in total. The number of aromatic nitrogens is 1. The predicted molar refractivity (Wildman–Crippen MR) is 100 cm³/mol. The van der Waals surface area contributed by atoms with Crippen LogP contribution in [0.3, 0.4) is 0 Å². The number of furan rings is 1. The number of aryl methyl sites for hydroxylation is 1. The number of carbonyl (C=O) groups excluding carboxylic acids is 1. The molecule has 0 radical (unpaired) electrons. The Labute approximate surface area is 159 Å². The minimum atomic E-state index is -0.541. The normalized spacial score (nSPS) is 16.9. The number of hydrogen-bond acceptors (Lipinski definition) is 4. The number of pyridine rings is 1. The Morgan fingerprint density at radius 3 is 2.93 bits per heavy atom. The molecule has 0 aliphatic carbocycles. The van der Waals surface area contributed by atoms with Crippen molar-refractivity contribution in [1.29, 1.82) is 0 Å². The molecule has 1 fully saturated rings. The van der Waals surface area contributed by atoms with Crippen LogP contribution in [0.5, 0.6) is 0 Å². The van der Waals surface area contributed by atoms with E-state index >= 15 is 0 Å². The first-order valence-electron chi connectivity index (χ1n) is 8.51. The number of nitrogens with one attached hydrogen (secondary N) is 1. The van der Waals surface area contributed by atoms with E-state index in [9.17, 15) is 14.3 Å². The van der Waals surface area contributed by atoms with Gasteiger partial charge in [-0.2, -0.15) is 0 Å². The monoisotopic (exact) mass is 389 g/mol. The lowest BCUT2D eigenvalue weighted by Crippen LogP contribution is -2.33. The van der Waals surface area contributed by atoms with E-state index in [0.29, 0.717) is 40.5 Å². The van der Waals surface area contributed by atoms with Crippen LogP contribution in [0, 0.1) is 12.7 Å². The minimum Gasteiger partial charge on any atom is -0.453 e. The first kappa shape index (κ1) is 17.8. The molecule has 3 heterocycles. The van der Waals surface area contributed by atoms with E-state index in [2.05, 4.69) is 10.3 Å². The highest BCUT2D eigenvalue weighted by atomic mass is 35.5. The third-order valence-electron chi connectivity index (χ3n) is 4.50.